The molecule has 1 aliphatic heterocycles. The lowest BCUT2D eigenvalue weighted by Crippen LogP contribution is -2.44. The summed E-state index contributed by atoms with van der Waals surface area (Å²) in [6.45, 7) is 1.55. The number of nitrogens with zero attached hydrogens (tertiary/aromatic N) is 2. The molecule has 33 heavy (non-hydrogen) atoms. The van der Waals surface area contributed by atoms with Crippen LogP contribution in [-0.2, 0) is 30.3 Å². The summed E-state index contributed by atoms with van der Waals surface area (Å²) in [5, 5.41) is 0.380. The van der Waals surface area contributed by atoms with Crippen molar-refractivity contribution in [3.63, 3.8) is 0 Å². The molecule has 1 fully saturated rings. The van der Waals surface area contributed by atoms with Crippen molar-refractivity contribution >= 4 is 39.2 Å². The molecule has 0 radical (unpaired) electrons. The van der Waals surface area contributed by atoms with Gasteiger partial charge in [-0.3, -0.25) is 9.59 Å². The number of sulfone groups is 1. The second kappa shape index (κ2) is 10.1. The average molecular weight is 503 g/mol. The molecular weight excluding hydrogens is 481 g/mol. The SMILES string of the molecule is CC(=O)N(c1cccnc1SCCS(=O)(=O)c1cccc(C(F)(F)F)c1)C1CCOC(=O)C1. The van der Waals surface area contributed by atoms with Crippen molar-refractivity contribution in [3.8, 4) is 0 Å². The lowest BCUT2D eigenvalue weighted by Gasteiger charge is -2.33. The molecule has 3 rings (SSSR count). The third-order valence-corrected chi connectivity index (χ3v) is 7.91. The fraction of sp³-hybridized carbons (Fsp3) is 0.381. The standard InChI is InChI=1S/C21H21F3N2O5S2/c1-14(27)26(16-7-9-31-19(28)13-16)18-6-3-8-25-20(18)32-10-11-33(29,30)17-5-2-4-15(12-17)21(22,23)24/h2-6,8,12,16H,7,9-11,13H2,1H3. The summed E-state index contributed by atoms with van der Waals surface area (Å²) in [4.78, 5) is 29.4. The molecule has 7 nitrogen and oxygen atoms in total. The highest BCUT2D eigenvalue weighted by Crippen LogP contribution is 2.33. The number of carbonyl (C=O) groups is 2. The number of halogens is 3. The van der Waals surface area contributed by atoms with Crippen LogP contribution in [0, 0.1) is 0 Å². The maximum absolute atomic E-state index is 12.9. The highest BCUT2D eigenvalue weighted by Gasteiger charge is 2.32. The quantitative estimate of drug-likeness (QED) is 0.421. The first-order valence-electron chi connectivity index (χ1n) is 9.92. The number of alkyl halides is 3. The van der Waals surface area contributed by atoms with Gasteiger partial charge in [-0.1, -0.05) is 6.07 Å². The van der Waals surface area contributed by atoms with E-state index in [-0.39, 0.29) is 24.7 Å². The predicted octanol–water partition coefficient (Wildman–Crippen LogP) is 3.72. The number of aromatic nitrogens is 1. The molecule has 1 aromatic carbocycles. The number of esters is 1. The van der Waals surface area contributed by atoms with E-state index in [1.807, 2.05) is 0 Å². The number of pyridine rings is 1. The van der Waals surface area contributed by atoms with Crippen LogP contribution in [-0.4, -0.2) is 49.4 Å². The number of hydrogen-bond donors (Lipinski definition) is 0. The van der Waals surface area contributed by atoms with Crippen molar-refractivity contribution < 1.29 is 35.9 Å². The van der Waals surface area contributed by atoms with E-state index < -0.39 is 44.2 Å². The minimum absolute atomic E-state index is 0.00104. The maximum atomic E-state index is 12.9. The molecule has 12 heteroatoms. The Morgan fingerprint density at radius 1 is 1.27 bits per heavy atom. The van der Waals surface area contributed by atoms with Crippen molar-refractivity contribution in [3.05, 3.63) is 48.2 Å². The molecule has 1 aromatic heterocycles. The van der Waals surface area contributed by atoms with Crippen LogP contribution in [0.25, 0.3) is 0 Å². The van der Waals surface area contributed by atoms with Crippen LogP contribution >= 0.6 is 11.8 Å². The molecule has 1 unspecified atom stereocenters. The van der Waals surface area contributed by atoms with Gasteiger partial charge in [-0.2, -0.15) is 13.2 Å². The fourth-order valence-corrected chi connectivity index (χ4v) is 6.10. The van der Waals surface area contributed by atoms with E-state index in [1.54, 1.807) is 12.1 Å². The number of ether oxygens (including phenoxy) is 1. The molecule has 2 aromatic rings. The van der Waals surface area contributed by atoms with Crippen LogP contribution < -0.4 is 4.90 Å². The third-order valence-electron chi connectivity index (χ3n) is 4.94. The Morgan fingerprint density at radius 3 is 2.70 bits per heavy atom. The van der Waals surface area contributed by atoms with Gasteiger partial charge < -0.3 is 9.64 Å². The van der Waals surface area contributed by atoms with E-state index in [9.17, 15) is 31.2 Å². The number of hydrogen-bond acceptors (Lipinski definition) is 7. The van der Waals surface area contributed by atoms with Crippen molar-refractivity contribution in [2.45, 2.75) is 41.9 Å². The van der Waals surface area contributed by atoms with E-state index in [4.69, 9.17) is 4.74 Å². The molecule has 0 aliphatic carbocycles. The summed E-state index contributed by atoms with van der Waals surface area (Å²) in [5.74, 6) is -1.14. The summed E-state index contributed by atoms with van der Waals surface area (Å²) < 4.78 is 68.9. The lowest BCUT2D eigenvalue weighted by molar-refractivity contribution is -0.147. The summed E-state index contributed by atoms with van der Waals surface area (Å²) in [7, 11) is -3.98. The van der Waals surface area contributed by atoms with E-state index >= 15 is 0 Å². The van der Waals surface area contributed by atoms with E-state index in [0.29, 0.717) is 23.2 Å². The zero-order valence-electron chi connectivity index (χ0n) is 17.5. The first kappa shape index (κ1) is 25.0. The van der Waals surface area contributed by atoms with Crippen LogP contribution in [0.4, 0.5) is 18.9 Å². The van der Waals surface area contributed by atoms with E-state index in [1.165, 1.54) is 18.0 Å². The lowest BCUT2D eigenvalue weighted by atomic mass is 10.1. The summed E-state index contributed by atoms with van der Waals surface area (Å²) in [6, 6.07) is 6.47. The number of benzene rings is 1. The Morgan fingerprint density at radius 2 is 2.03 bits per heavy atom. The zero-order valence-corrected chi connectivity index (χ0v) is 19.2. The minimum atomic E-state index is -4.65. The number of cyclic esters (lactones) is 1. The number of anilines is 1. The van der Waals surface area contributed by atoms with Crippen LogP contribution in [0.1, 0.15) is 25.3 Å². The second-order valence-corrected chi connectivity index (χ2v) is 10.5. The molecule has 0 saturated carbocycles. The first-order chi connectivity index (χ1) is 15.5. The molecule has 0 N–H and O–H groups in total. The van der Waals surface area contributed by atoms with Gasteiger partial charge in [0, 0.05) is 25.3 Å². The largest absolute Gasteiger partial charge is 0.466 e. The van der Waals surface area contributed by atoms with Crippen molar-refractivity contribution in [2.75, 3.05) is 23.0 Å². The second-order valence-electron chi connectivity index (χ2n) is 7.28. The number of thioether (sulfide) groups is 1. The highest BCUT2D eigenvalue weighted by molar-refractivity contribution is 8.00. The maximum Gasteiger partial charge on any atom is 0.416 e. The summed E-state index contributed by atoms with van der Waals surface area (Å²) in [6.07, 6.45) is -2.68. The number of carbonyl (C=O) groups excluding carboxylic acids is 2. The van der Waals surface area contributed by atoms with Crippen LogP contribution in [0.5, 0.6) is 0 Å². The van der Waals surface area contributed by atoms with Crippen LogP contribution in [0.2, 0.25) is 0 Å². The van der Waals surface area contributed by atoms with Crippen molar-refractivity contribution in [1.29, 1.82) is 0 Å². The van der Waals surface area contributed by atoms with Gasteiger partial charge in [0.15, 0.2) is 9.84 Å². The normalized spacial score (nSPS) is 16.8. The number of rotatable bonds is 7. The molecule has 178 valence electrons. The monoisotopic (exact) mass is 502 g/mol. The van der Waals surface area contributed by atoms with Gasteiger partial charge in [0.2, 0.25) is 5.91 Å². The van der Waals surface area contributed by atoms with Gasteiger partial charge >= 0.3 is 12.1 Å². The van der Waals surface area contributed by atoms with Crippen LogP contribution in [0.3, 0.4) is 0 Å². The summed E-state index contributed by atoms with van der Waals surface area (Å²) >= 11 is 1.07. The Labute approximate surface area is 193 Å². The van der Waals surface area contributed by atoms with Crippen molar-refractivity contribution in [2.24, 2.45) is 0 Å². The summed E-state index contributed by atoms with van der Waals surface area (Å²) in [5.41, 5.74) is -0.600. The highest BCUT2D eigenvalue weighted by atomic mass is 32.2. The molecule has 2 heterocycles. The fourth-order valence-electron chi connectivity index (χ4n) is 3.41. The smallest absolute Gasteiger partial charge is 0.416 e. The predicted molar refractivity (Wildman–Crippen MR) is 116 cm³/mol. The van der Waals surface area contributed by atoms with Gasteiger partial charge in [-0.05, 0) is 30.3 Å². The van der Waals surface area contributed by atoms with Crippen LogP contribution in [0.15, 0.2) is 52.5 Å². The average Bonchev–Trinajstić information content (AvgIpc) is 2.74. The number of amides is 1. The minimum Gasteiger partial charge on any atom is -0.466 e. The molecular formula is C21H21F3N2O5S2. The molecule has 1 amide bonds. The van der Waals surface area contributed by atoms with Gasteiger partial charge in [0.05, 0.1) is 41.0 Å². The van der Waals surface area contributed by atoms with E-state index in [2.05, 4.69) is 4.98 Å². The Bertz CT molecular complexity index is 1140. The van der Waals surface area contributed by atoms with Crippen molar-refractivity contribution in [1.82, 2.24) is 4.98 Å². The Balaban J connectivity index is 1.76. The molecule has 0 spiro atoms. The Kier molecular flexibility index (Phi) is 7.68. The zero-order chi connectivity index (χ0) is 24.2. The molecule has 1 atom stereocenters. The van der Waals surface area contributed by atoms with E-state index in [0.717, 1.165) is 30.0 Å². The molecule has 1 saturated heterocycles. The topological polar surface area (TPSA) is 93.6 Å². The van der Waals surface area contributed by atoms with Gasteiger partial charge in [-0.25, -0.2) is 13.4 Å². The van der Waals surface area contributed by atoms with Gasteiger partial charge in [0.25, 0.3) is 0 Å². The molecule has 1 aliphatic rings. The third kappa shape index (κ3) is 6.26. The molecule has 0 bridgehead atoms. The van der Waals surface area contributed by atoms with Gasteiger partial charge in [-0.15, -0.1) is 11.8 Å². The first-order valence-corrected chi connectivity index (χ1v) is 12.6. The Hall–Kier alpha value is -2.60. The van der Waals surface area contributed by atoms with Gasteiger partial charge in [0.1, 0.15) is 5.03 Å².